The Hall–Kier alpha value is -1.14. The Morgan fingerprint density at radius 1 is 1.60 bits per heavy atom. The van der Waals surface area contributed by atoms with Gasteiger partial charge in [-0.2, -0.15) is 0 Å². The van der Waals surface area contributed by atoms with Crippen LogP contribution in [-0.4, -0.2) is 28.1 Å². The van der Waals surface area contributed by atoms with E-state index in [4.69, 9.17) is 4.74 Å². The zero-order valence-corrected chi connectivity index (χ0v) is 9.38. The Bertz CT molecular complexity index is 345. The predicted octanol–water partition coefficient (Wildman–Crippen LogP) is 1.73. The highest BCUT2D eigenvalue weighted by molar-refractivity contribution is 9.09. The summed E-state index contributed by atoms with van der Waals surface area (Å²) in [7, 11) is 0. The molecule has 0 saturated heterocycles. The van der Waals surface area contributed by atoms with E-state index in [-0.39, 0.29) is 12.3 Å². The van der Waals surface area contributed by atoms with E-state index < -0.39 is 11.0 Å². The van der Waals surface area contributed by atoms with Crippen molar-refractivity contribution >= 4 is 21.6 Å². The molecule has 0 saturated carbocycles. The van der Waals surface area contributed by atoms with Crippen LogP contribution in [0.3, 0.4) is 0 Å². The molecule has 82 valence electrons. The highest BCUT2D eigenvalue weighted by Gasteiger charge is 2.07. The molecule has 0 amide bonds. The monoisotopic (exact) mass is 275 g/mol. The molecule has 1 N–H and O–H groups in total. The molecule has 5 nitrogen and oxygen atoms in total. The van der Waals surface area contributed by atoms with Gasteiger partial charge in [0.05, 0.1) is 17.1 Å². The number of nitrogens with zero attached hydrogens (tertiary/aromatic N) is 1. The average Bonchev–Trinajstić information content (AvgIpc) is 2.26. The first-order chi connectivity index (χ1) is 7.13. The Kier molecular flexibility index (Phi) is 4.51. The summed E-state index contributed by atoms with van der Waals surface area (Å²) in [6.45, 7) is 0.104. The summed E-state index contributed by atoms with van der Waals surface area (Å²) in [5.41, 5.74) is -0.0270. The predicted molar refractivity (Wildman–Crippen MR) is 58.4 cm³/mol. The van der Waals surface area contributed by atoms with Crippen LogP contribution in [0.1, 0.15) is 0 Å². The van der Waals surface area contributed by atoms with Crippen LogP contribution >= 0.6 is 15.9 Å². The smallest absolute Gasteiger partial charge is 0.273 e. The lowest BCUT2D eigenvalue weighted by atomic mass is 10.3. The Morgan fingerprint density at radius 3 is 2.93 bits per heavy atom. The van der Waals surface area contributed by atoms with Crippen LogP contribution in [0.4, 0.5) is 5.69 Å². The van der Waals surface area contributed by atoms with Crippen LogP contribution in [0.15, 0.2) is 24.3 Å². The van der Waals surface area contributed by atoms with Gasteiger partial charge in [-0.3, -0.25) is 10.1 Å². The fourth-order valence-corrected chi connectivity index (χ4v) is 1.11. The normalized spacial score (nSPS) is 12.1. The zero-order chi connectivity index (χ0) is 11.3. The quantitative estimate of drug-likeness (QED) is 0.505. The molecule has 1 unspecified atom stereocenters. The minimum atomic E-state index is -0.621. The van der Waals surface area contributed by atoms with Crippen molar-refractivity contribution in [1.82, 2.24) is 0 Å². The first-order valence-electron chi connectivity index (χ1n) is 4.24. The first kappa shape index (κ1) is 11.9. The van der Waals surface area contributed by atoms with Crippen molar-refractivity contribution in [3.63, 3.8) is 0 Å². The molecular weight excluding hydrogens is 266 g/mol. The van der Waals surface area contributed by atoms with E-state index in [1.54, 1.807) is 6.07 Å². The van der Waals surface area contributed by atoms with Crippen molar-refractivity contribution in [3.8, 4) is 5.75 Å². The lowest BCUT2D eigenvalue weighted by Crippen LogP contribution is -2.18. The highest BCUT2D eigenvalue weighted by atomic mass is 79.9. The van der Waals surface area contributed by atoms with E-state index in [1.165, 1.54) is 18.2 Å². The summed E-state index contributed by atoms with van der Waals surface area (Å²) < 4.78 is 5.17. The van der Waals surface area contributed by atoms with E-state index in [9.17, 15) is 15.2 Å². The summed E-state index contributed by atoms with van der Waals surface area (Å²) in [5, 5.41) is 20.0. The minimum absolute atomic E-state index is 0.0270. The molecule has 1 atom stereocenters. The van der Waals surface area contributed by atoms with E-state index in [0.717, 1.165) is 0 Å². The van der Waals surface area contributed by atoms with Crippen molar-refractivity contribution in [3.05, 3.63) is 34.4 Å². The number of nitro groups is 1. The van der Waals surface area contributed by atoms with Crippen molar-refractivity contribution in [1.29, 1.82) is 0 Å². The molecule has 0 bridgehead atoms. The summed E-state index contributed by atoms with van der Waals surface area (Å²) in [6.07, 6.45) is -0.621. The third-order valence-electron chi connectivity index (χ3n) is 1.65. The third-order valence-corrected chi connectivity index (χ3v) is 2.40. The van der Waals surface area contributed by atoms with Gasteiger partial charge in [0.15, 0.2) is 0 Å². The van der Waals surface area contributed by atoms with Crippen molar-refractivity contribution < 1.29 is 14.8 Å². The van der Waals surface area contributed by atoms with Crippen LogP contribution in [-0.2, 0) is 0 Å². The molecule has 6 heteroatoms. The SMILES string of the molecule is O=[N+]([O-])c1cccc(OCC(O)CBr)c1. The third kappa shape index (κ3) is 3.85. The van der Waals surface area contributed by atoms with Crippen LogP contribution < -0.4 is 4.74 Å². The van der Waals surface area contributed by atoms with E-state index in [2.05, 4.69) is 15.9 Å². The Labute approximate surface area is 95.0 Å². The van der Waals surface area contributed by atoms with Gasteiger partial charge in [-0.1, -0.05) is 22.0 Å². The van der Waals surface area contributed by atoms with Crippen LogP contribution in [0, 0.1) is 10.1 Å². The molecular formula is C9H10BrNO4. The number of rotatable bonds is 5. The fourth-order valence-electron chi connectivity index (χ4n) is 0.924. The average molecular weight is 276 g/mol. The van der Waals surface area contributed by atoms with Crippen LogP contribution in [0.25, 0.3) is 0 Å². The van der Waals surface area contributed by atoms with Crippen LogP contribution in [0.5, 0.6) is 5.75 Å². The fraction of sp³-hybridized carbons (Fsp3) is 0.333. The Balaban J connectivity index is 2.62. The lowest BCUT2D eigenvalue weighted by Gasteiger charge is -2.09. The van der Waals surface area contributed by atoms with Gasteiger partial charge in [-0.05, 0) is 6.07 Å². The number of nitro benzene ring substituents is 1. The zero-order valence-electron chi connectivity index (χ0n) is 7.80. The molecule has 0 fully saturated rings. The number of hydrogen-bond donors (Lipinski definition) is 1. The van der Waals surface area contributed by atoms with Crippen molar-refractivity contribution in [2.45, 2.75) is 6.10 Å². The molecule has 1 aromatic carbocycles. The van der Waals surface area contributed by atoms with Gasteiger partial charge in [0.25, 0.3) is 5.69 Å². The standard InChI is InChI=1S/C9H10BrNO4/c10-5-8(12)6-15-9-3-1-2-7(4-9)11(13)14/h1-4,8,12H,5-6H2. The summed E-state index contributed by atoms with van der Waals surface area (Å²) >= 11 is 3.09. The van der Waals surface area contributed by atoms with Gasteiger partial charge in [0.1, 0.15) is 12.4 Å². The molecule has 0 radical (unpaired) electrons. The first-order valence-corrected chi connectivity index (χ1v) is 5.37. The van der Waals surface area contributed by atoms with Gasteiger partial charge >= 0.3 is 0 Å². The largest absolute Gasteiger partial charge is 0.491 e. The van der Waals surface area contributed by atoms with Gasteiger partial charge in [0, 0.05) is 11.4 Å². The highest BCUT2D eigenvalue weighted by Crippen LogP contribution is 2.19. The topological polar surface area (TPSA) is 72.6 Å². The number of ether oxygens (including phenoxy) is 1. The van der Waals surface area contributed by atoms with Gasteiger partial charge in [-0.25, -0.2) is 0 Å². The second kappa shape index (κ2) is 5.67. The molecule has 1 rings (SSSR count). The summed E-state index contributed by atoms with van der Waals surface area (Å²) in [4.78, 5) is 9.95. The van der Waals surface area contributed by atoms with Crippen molar-refractivity contribution in [2.75, 3.05) is 11.9 Å². The number of hydrogen-bond acceptors (Lipinski definition) is 4. The lowest BCUT2D eigenvalue weighted by molar-refractivity contribution is -0.384. The molecule has 0 aromatic heterocycles. The number of alkyl halides is 1. The Morgan fingerprint density at radius 2 is 2.33 bits per heavy atom. The van der Waals surface area contributed by atoms with E-state index >= 15 is 0 Å². The summed E-state index contributed by atoms with van der Waals surface area (Å²) in [5.74, 6) is 0.379. The number of aliphatic hydroxyl groups is 1. The van der Waals surface area contributed by atoms with Crippen molar-refractivity contribution in [2.24, 2.45) is 0 Å². The summed E-state index contributed by atoms with van der Waals surface area (Å²) in [6, 6.07) is 5.84. The second-order valence-corrected chi connectivity index (χ2v) is 3.52. The number of benzene rings is 1. The van der Waals surface area contributed by atoms with Gasteiger partial charge < -0.3 is 9.84 Å². The molecule has 1 aromatic rings. The van der Waals surface area contributed by atoms with E-state index in [1.807, 2.05) is 0 Å². The number of halogens is 1. The number of non-ortho nitro benzene ring substituents is 1. The maximum Gasteiger partial charge on any atom is 0.273 e. The molecule has 0 aliphatic carbocycles. The molecule has 0 aliphatic heterocycles. The molecule has 0 heterocycles. The number of aliphatic hydroxyl groups excluding tert-OH is 1. The molecule has 15 heavy (non-hydrogen) atoms. The van der Waals surface area contributed by atoms with Gasteiger partial charge in [0.2, 0.25) is 0 Å². The molecule has 0 spiro atoms. The second-order valence-electron chi connectivity index (χ2n) is 2.87. The maximum absolute atomic E-state index is 10.4. The maximum atomic E-state index is 10.4. The van der Waals surface area contributed by atoms with E-state index in [0.29, 0.717) is 11.1 Å². The van der Waals surface area contributed by atoms with Gasteiger partial charge in [-0.15, -0.1) is 0 Å². The van der Waals surface area contributed by atoms with Crippen LogP contribution in [0.2, 0.25) is 0 Å². The molecule has 0 aliphatic rings. The minimum Gasteiger partial charge on any atom is -0.491 e.